The lowest BCUT2D eigenvalue weighted by Crippen LogP contribution is -2.18. The monoisotopic (exact) mass is 237 g/mol. The Morgan fingerprint density at radius 3 is 3.00 bits per heavy atom. The summed E-state index contributed by atoms with van der Waals surface area (Å²) < 4.78 is 5.30. The van der Waals surface area contributed by atoms with Gasteiger partial charge >= 0.3 is 0 Å². The van der Waals surface area contributed by atoms with Crippen LogP contribution in [0.2, 0.25) is 5.02 Å². The molecule has 2 nitrogen and oxygen atoms in total. The Labute approximate surface area is 101 Å². The van der Waals surface area contributed by atoms with Crippen molar-refractivity contribution in [3.63, 3.8) is 0 Å². The minimum Gasteiger partial charge on any atom is -0.495 e. The lowest BCUT2D eigenvalue weighted by Gasteiger charge is -2.20. The van der Waals surface area contributed by atoms with Crippen molar-refractivity contribution in [2.75, 3.05) is 12.4 Å². The first-order chi connectivity index (χ1) is 7.79. The summed E-state index contributed by atoms with van der Waals surface area (Å²) in [6.45, 7) is 0. The van der Waals surface area contributed by atoms with Crippen LogP contribution in [0.4, 0.5) is 5.69 Å². The number of rotatable bonds is 3. The van der Waals surface area contributed by atoms with Crippen LogP contribution in [0.1, 0.15) is 19.3 Å². The van der Waals surface area contributed by atoms with E-state index in [4.69, 9.17) is 16.3 Å². The van der Waals surface area contributed by atoms with Crippen molar-refractivity contribution in [1.82, 2.24) is 0 Å². The third-order valence-electron chi connectivity index (χ3n) is 2.76. The van der Waals surface area contributed by atoms with Crippen molar-refractivity contribution >= 4 is 17.3 Å². The van der Waals surface area contributed by atoms with Gasteiger partial charge in [0.05, 0.1) is 12.8 Å². The summed E-state index contributed by atoms with van der Waals surface area (Å²) in [5.41, 5.74) is 0.964. The Hall–Kier alpha value is -1.15. The van der Waals surface area contributed by atoms with Gasteiger partial charge in [-0.3, -0.25) is 0 Å². The minimum absolute atomic E-state index is 0.390. The van der Waals surface area contributed by atoms with E-state index >= 15 is 0 Å². The summed E-state index contributed by atoms with van der Waals surface area (Å²) in [4.78, 5) is 0. The summed E-state index contributed by atoms with van der Waals surface area (Å²) in [7, 11) is 1.67. The average Bonchev–Trinajstić information content (AvgIpc) is 2.31. The topological polar surface area (TPSA) is 21.3 Å². The average molecular weight is 238 g/mol. The molecule has 0 saturated carbocycles. The highest BCUT2D eigenvalue weighted by molar-refractivity contribution is 6.30. The number of hydrogen-bond acceptors (Lipinski definition) is 2. The second-order valence-corrected chi connectivity index (χ2v) is 4.39. The Bertz CT molecular complexity index is 390. The fourth-order valence-electron chi connectivity index (χ4n) is 1.93. The summed E-state index contributed by atoms with van der Waals surface area (Å²) in [5.74, 6) is 0.836. The quantitative estimate of drug-likeness (QED) is 0.806. The highest BCUT2D eigenvalue weighted by Gasteiger charge is 2.11. The lowest BCUT2D eigenvalue weighted by molar-refractivity contribution is 0.416. The van der Waals surface area contributed by atoms with E-state index in [1.54, 1.807) is 7.11 Å². The van der Waals surface area contributed by atoms with E-state index in [9.17, 15) is 0 Å². The van der Waals surface area contributed by atoms with E-state index < -0.39 is 0 Å². The highest BCUT2D eigenvalue weighted by atomic mass is 35.5. The predicted molar refractivity (Wildman–Crippen MR) is 68.4 cm³/mol. The maximum absolute atomic E-state index is 5.98. The van der Waals surface area contributed by atoms with Crippen LogP contribution >= 0.6 is 11.6 Å². The number of allylic oxidation sites excluding steroid dienone is 1. The van der Waals surface area contributed by atoms with Crippen LogP contribution in [-0.2, 0) is 0 Å². The molecule has 86 valence electrons. The second-order valence-electron chi connectivity index (χ2n) is 3.95. The largest absolute Gasteiger partial charge is 0.495 e. The first-order valence-corrected chi connectivity index (χ1v) is 5.94. The fourth-order valence-corrected chi connectivity index (χ4v) is 2.10. The predicted octanol–water partition coefficient (Wildman–Crippen LogP) is 3.87. The summed E-state index contributed by atoms with van der Waals surface area (Å²) in [5, 5.41) is 4.17. The van der Waals surface area contributed by atoms with E-state index in [2.05, 4.69) is 17.5 Å². The molecular weight excluding hydrogens is 222 g/mol. The molecule has 1 aliphatic carbocycles. The molecule has 0 heterocycles. The Morgan fingerprint density at radius 1 is 1.44 bits per heavy atom. The molecular formula is C13H16ClNO. The normalized spacial score (nSPS) is 19.5. The summed E-state index contributed by atoms with van der Waals surface area (Å²) in [6.07, 6.45) is 8.01. The standard InChI is InChI=1S/C13H16ClNO/c1-16-13-8-7-10(14)9-12(13)15-11-5-3-2-4-6-11/h3,5,7-9,11,15H,2,4,6H2,1H3. The molecule has 0 amide bonds. The maximum Gasteiger partial charge on any atom is 0.142 e. The number of methoxy groups -OCH3 is 1. The Balaban J connectivity index is 2.15. The van der Waals surface area contributed by atoms with Gasteiger partial charge in [0.2, 0.25) is 0 Å². The van der Waals surface area contributed by atoms with Gasteiger partial charge in [-0.25, -0.2) is 0 Å². The van der Waals surface area contributed by atoms with E-state index in [0.717, 1.165) is 22.9 Å². The molecule has 0 bridgehead atoms. The molecule has 2 rings (SSSR count). The lowest BCUT2D eigenvalue weighted by atomic mass is 10.0. The number of nitrogens with one attached hydrogen (secondary N) is 1. The van der Waals surface area contributed by atoms with Gasteiger partial charge in [0.15, 0.2) is 0 Å². The fraction of sp³-hybridized carbons (Fsp3) is 0.385. The summed E-state index contributed by atoms with van der Waals surface area (Å²) in [6, 6.07) is 6.02. The Kier molecular flexibility index (Phi) is 3.73. The number of ether oxygens (including phenoxy) is 1. The van der Waals surface area contributed by atoms with Crippen LogP contribution in [0.3, 0.4) is 0 Å². The number of halogens is 1. The smallest absolute Gasteiger partial charge is 0.142 e. The SMILES string of the molecule is COc1ccc(Cl)cc1NC1C=CCCC1. The molecule has 1 aliphatic rings. The van der Waals surface area contributed by atoms with Crippen LogP contribution in [0.15, 0.2) is 30.4 Å². The first kappa shape index (κ1) is 11.3. The number of benzene rings is 1. The molecule has 1 aromatic rings. The van der Waals surface area contributed by atoms with Crippen LogP contribution in [0, 0.1) is 0 Å². The van der Waals surface area contributed by atoms with Crippen molar-refractivity contribution in [2.24, 2.45) is 0 Å². The molecule has 0 aliphatic heterocycles. The van der Waals surface area contributed by atoms with Gasteiger partial charge in [-0.2, -0.15) is 0 Å². The molecule has 1 aromatic carbocycles. The molecule has 0 spiro atoms. The van der Waals surface area contributed by atoms with Crippen LogP contribution < -0.4 is 10.1 Å². The van der Waals surface area contributed by atoms with Gasteiger partial charge in [0, 0.05) is 11.1 Å². The third-order valence-corrected chi connectivity index (χ3v) is 2.99. The molecule has 0 fully saturated rings. The van der Waals surface area contributed by atoms with Crippen molar-refractivity contribution < 1.29 is 4.74 Å². The van der Waals surface area contributed by atoms with Crippen molar-refractivity contribution in [3.8, 4) is 5.75 Å². The van der Waals surface area contributed by atoms with Gasteiger partial charge in [-0.1, -0.05) is 23.8 Å². The molecule has 0 saturated heterocycles. The van der Waals surface area contributed by atoms with Crippen LogP contribution in [-0.4, -0.2) is 13.2 Å². The second kappa shape index (κ2) is 5.26. The third kappa shape index (κ3) is 2.70. The van der Waals surface area contributed by atoms with Crippen molar-refractivity contribution in [2.45, 2.75) is 25.3 Å². The molecule has 0 aromatic heterocycles. The van der Waals surface area contributed by atoms with Gasteiger partial charge in [0.1, 0.15) is 5.75 Å². The Morgan fingerprint density at radius 2 is 2.31 bits per heavy atom. The number of anilines is 1. The van der Waals surface area contributed by atoms with Gasteiger partial charge in [-0.05, 0) is 37.5 Å². The molecule has 1 N–H and O–H groups in total. The zero-order valence-electron chi connectivity index (χ0n) is 9.37. The van der Waals surface area contributed by atoms with Crippen LogP contribution in [0.5, 0.6) is 5.75 Å². The molecule has 1 atom stereocenters. The van der Waals surface area contributed by atoms with Crippen molar-refractivity contribution in [1.29, 1.82) is 0 Å². The van der Waals surface area contributed by atoms with Gasteiger partial charge < -0.3 is 10.1 Å². The van der Waals surface area contributed by atoms with E-state index in [-0.39, 0.29) is 0 Å². The first-order valence-electron chi connectivity index (χ1n) is 5.56. The highest BCUT2D eigenvalue weighted by Crippen LogP contribution is 2.29. The minimum atomic E-state index is 0.390. The van der Waals surface area contributed by atoms with Gasteiger partial charge in [0.25, 0.3) is 0 Å². The number of hydrogen-bond donors (Lipinski definition) is 1. The van der Waals surface area contributed by atoms with Crippen molar-refractivity contribution in [3.05, 3.63) is 35.4 Å². The zero-order valence-corrected chi connectivity index (χ0v) is 10.1. The van der Waals surface area contributed by atoms with E-state index in [0.29, 0.717) is 6.04 Å². The van der Waals surface area contributed by atoms with E-state index in [1.165, 1.54) is 12.8 Å². The zero-order chi connectivity index (χ0) is 11.4. The molecule has 1 unspecified atom stereocenters. The van der Waals surface area contributed by atoms with E-state index in [1.807, 2.05) is 18.2 Å². The maximum atomic E-state index is 5.98. The summed E-state index contributed by atoms with van der Waals surface area (Å²) >= 11 is 5.98. The van der Waals surface area contributed by atoms with Crippen LogP contribution in [0.25, 0.3) is 0 Å². The molecule has 0 radical (unpaired) electrons. The van der Waals surface area contributed by atoms with Gasteiger partial charge in [-0.15, -0.1) is 0 Å². The molecule has 16 heavy (non-hydrogen) atoms. The molecule has 3 heteroatoms.